The van der Waals surface area contributed by atoms with Gasteiger partial charge in [0.25, 0.3) is 5.91 Å². The number of rotatable bonds is 6. The average molecular weight is 354 g/mol. The number of benzene rings is 2. The lowest BCUT2D eigenvalue weighted by atomic mass is 10.1. The maximum Gasteiger partial charge on any atom is 0.267 e. The number of nitrogens with zero attached hydrogens (tertiary/aromatic N) is 1. The zero-order valence-electron chi connectivity index (χ0n) is 14.5. The van der Waals surface area contributed by atoms with Gasteiger partial charge in [0.1, 0.15) is 5.69 Å². The second-order valence-corrected chi connectivity index (χ2v) is 5.88. The van der Waals surface area contributed by atoms with Gasteiger partial charge in [-0.15, -0.1) is 0 Å². The molecule has 0 aliphatic heterocycles. The van der Waals surface area contributed by atoms with Gasteiger partial charge in [0, 0.05) is 11.6 Å². The van der Waals surface area contributed by atoms with Gasteiger partial charge in [-0.25, -0.2) is 4.39 Å². The third kappa shape index (κ3) is 4.08. The number of carbonyl (C=O) groups is 1. The summed E-state index contributed by atoms with van der Waals surface area (Å²) in [6.45, 7) is 3.78. The second-order valence-electron chi connectivity index (χ2n) is 5.88. The summed E-state index contributed by atoms with van der Waals surface area (Å²) in [6, 6.07) is 15.4. The number of aryl methyl sites for hydroxylation is 1. The average Bonchev–Trinajstić information content (AvgIpc) is 3.10. The van der Waals surface area contributed by atoms with Gasteiger partial charge in [0.05, 0.1) is 0 Å². The van der Waals surface area contributed by atoms with Crippen molar-refractivity contribution in [3.8, 4) is 17.0 Å². The maximum absolute atomic E-state index is 13.7. The molecule has 26 heavy (non-hydrogen) atoms. The van der Waals surface area contributed by atoms with Crippen molar-refractivity contribution >= 4 is 11.8 Å². The van der Waals surface area contributed by atoms with Crippen LogP contribution in [-0.2, 0) is 4.79 Å². The van der Waals surface area contributed by atoms with Crippen LogP contribution in [0.4, 0.5) is 10.3 Å². The Morgan fingerprint density at radius 1 is 1.23 bits per heavy atom. The van der Waals surface area contributed by atoms with Crippen molar-refractivity contribution in [2.45, 2.75) is 26.4 Å². The number of anilines is 1. The fourth-order valence-electron chi connectivity index (χ4n) is 2.41. The van der Waals surface area contributed by atoms with E-state index in [4.69, 9.17) is 9.26 Å². The Morgan fingerprint density at radius 2 is 1.96 bits per heavy atom. The molecule has 0 fully saturated rings. The lowest BCUT2D eigenvalue weighted by Gasteiger charge is -2.16. The summed E-state index contributed by atoms with van der Waals surface area (Å²) in [7, 11) is 0. The lowest BCUT2D eigenvalue weighted by Crippen LogP contribution is -2.32. The van der Waals surface area contributed by atoms with Crippen LogP contribution in [0.15, 0.2) is 59.1 Å². The summed E-state index contributed by atoms with van der Waals surface area (Å²) >= 11 is 0. The molecule has 0 aliphatic rings. The van der Waals surface area contributed by atoms with E-state index in [9.17, 15) is 9.18 Å². The molecule has 1 N–H and O–H groups in total. The number of hydrogen-bond donors (Lipinski definition) is 1. The molecule has 1 heterocycles. The number of hydrogen-bond acceptors (Lipinski definition) is 4. The highest BCUT2D eigenvalue weighted by atomic mass is 19.1. The third-order valence-corrected chi connectivity index (χ3v) is 3.87. The summed E-state index contributed by atoms with van der Waals surface area (Å²) < 4.78 is 24.4. The summed E-state index contributed by atoms with van der Waals surface area (Å²) in [5.74, 6) is -0.698. The monoisotopic (exact) mass is 354 g/mol. The molecule has 0 saturated heterocycles. The van der Waals surface area contributed by atoms with E-state index in [0.717, 1.165) is 11.1 Å². The molecule has 3 rings (SSSR count). The molecule has 0 aliphatic carbocycles. The van der Waals surface area contributed by atoms with Crippen molar-refractivity contribution in [3.05, 3.63) is 66.0 Å². The molecule has 0 radical (unpaired) electrons. The summed E-state index contributed by atoms with van der Waals surface area (Å²) in [5, 5.41) is 6.58. The Bertz CT molecular complexity index is 890. The van der Waals surface area contributed by atoms with Crippen molar-refractivity contribution in [2.24, 2.45) is 0 Å². The molecular formula is C20H19FN2O3. The molecule has 6 heteroatoms. The quantitative estimate of drug-likeness (QED) is 0.703. The smallest absolute Gasteiger partial charge is 0.267 e. The molecular weight excluding hydrogens is 335 g/mol. The summed E-state index contributed by atoms with van der Waals surface area (Å²) in [6.07, 6.45) is -0.473. The predicted octanol–water partition coefficient (Wildman–Crippen LogP) is 4.59. The Morgan fingerprint density at radius 3 is 2.65 bits per heavy atom. The Labute approximate surface area is 150 Å². The Balaban J connectivity index is 1.68. The molecule has 1 aromatic heterocycles. The van der Waals surface area contributed by atoms with E-state index in [1.165, 1.54) is 12.1 Å². The Hall–Kier alpha value is -3.15. The molecule has 0 saturated carbocycles. The standard InChI is InChI=1S/C20H19FN2O3/c1-3-17(25-18-7-5-4-6-15(18)21)20(24)22-19-12-16(23-26-19)14-10-8-13(2)9-11-14/h4-12,17H,3H2,1-2H3,(H,22,24). The van der Waals surface area contributed by atoms with Crippen molar-refractivity contribution in [1.82, 2.24) is 5.16 Å². The van der Waals surface area contributed by atoms with Crippen LogP contribution in [0, 0.1) is 12.7 Å². The maximum atomic E-state index is 13.7. The number of halogens is 1. The molecule has 2 aromatic carbocycles. The number of para-hydroxylation sites is 1. The first-order valence-electron chi connectivity index (χ1n) is 8.32. The van der Waals surface area contributed by atoms with Crippen LogP contribution in [0.3, 0.4) is 0 Å². The van der Waals surface area contributed by atoms with Crippen LogP contribution in [0.25, 0.3) is 11.3 Å². The number of aromatic nitrogens is 1. The molecule has 5 nitrogen and oxygen atoms in total. The first kappa shape index (κ1) is 17.7. The van der Waals surface area contributed by atoms with Crippen molar-refractivity contribution in [2.75, 3.05) is 5.32 Å². The zero-order chi connectivity index (χ0) is 18.5. The number of nitrogens with one attached hydrogen (secondary N) is 1. The molecule has 0 spiro atoms. The normalized spacial score (nSPS) is 11.8. The van der Waals surface area contributed by atoms with Crippen LogP contribution in [0.2, 0.25) is 0 Å². The number of ether oxygens (including phenoxy) is 1. The molecule has 1 atom stereocenters. The molecule has 3 aromatic rings. The second kappa shape index (κ2) is 7.82. The Kier molecular flexibility index (Phi) is 5.31. The molecule has 134 valence electrons. The zero-order valence-corrected chi connectivity index (χ0v) is 14.5. The predicted molar refractivity (Wildman–Crippen MR) is 96.4 cm³/mol. The van der Waals surface area contributed by atoms with E-state index < -0.39 is 17.8 Å². The van der Waals surface area contributed by atoms with Gasteiger partial charge in [-0.3, -0.25) is 10.1 Å². The minimum atomic E-state index is -0.847. The van der Waals surface area contributed by atoms with Crippen molar-refractivity contribution in [1.29, 1.82) is 0 Å². The van der Waals surface area contributed by atoms with Gasteiger partial charge in [-0.2, -0.15) is 0 Å². The SMILES string of the molecule is CCC(Oc1ccccc1F)C(=O)Nc1cc(-c2ccc(C)cc2)no1. The minimum Gasteiger partial charge on any atom is -0.478 e. The van der Waals surface area contributed by atoms with E-state index in [-0.39, 0.29) is 11.6 Å². The van der Waals surface area contributed by atoms with Crippen molar-refractivity contribution < 1.29 is 18.4 Å². The highest BCUT2D eigenvalue weighted by Gasteiger charge is 2.21. The number of carbonyl (C=O) groups excluding carboxylic acids is 1. The molecule has 1 unspecified atom stereocenters. The highest BCUT2D eigenvalue weighted by Crippen LogP contribution is 2.23. The van der Waals surface area contributed by atoms with Crippen LogP contribution in [0.5, 0.6) is 5.75 Å². The van der Waals surface area contributed by atoms with E-state index in [1.54, 1.807) is 25.1 Å². The van der Waals surface area contributed by atoms with Crippen LogP contribution < -0.4 is 10.1 Å². The van der Waals surface area contributed by atoms with Crippen LogP contribution in [-0.4, -0.2) is 17.2 Å². The van der Waals surface area contributed by atoms with Gasteiger partial charge in [-0.1, -0.05) is 54.0 Å². The number of amides is 1. The topological polar surface area (TPSA) is 64.4 Å². The van der Waals surface area contributed by atoms with E-state index in [2.05, 4.69) is 10.5 Å². The first-order valence-corrected chi connectivity index (χ1v) is 8.32. The summed E-state index contributed by atoms with van der Waals surface area (Å²) in [4.78, 5) is 12.4. The van der Waals surface area contributed by atoms with Gasteiger partial charge in [-0.05, 0) is 25.5 Å². The van der Waals surface area contributed by atoms with Gasteiger partial charge < -0.3 is 9.26 Å². The van der Waals surface area contributed by atoms with Crippen molar-refractivity contribution in [3.63, 3.8) is 0 Å². The third-order valence-electron chi connectivity index (χ3n) is 3.87. The van der Waals surface area contributed by atoms with Crippen LogP contribution >= 0.6 is 0 Å². The van der Waals surface area contributed by atoms with E-state index >= 15 is 0 Å². The van der Waals surface area contributed by atoms with E-state index in [1.807, 2.05) is 31.2 Å². The minimum absolute atomic E-state index is 0.0346. The highest BCUT2D eigenvalue weighted by molar-refractivity contribution is 5.93. The fourth-order valence-corrected chi connectivity index (χ4v) is 2.41. The van der Waals surface area contributed by atoms with E-state index in [0.29, 0.717) is 12.1 Å². The lowest BCUT2D eigenvalue weighted by molar-refractivity contribution is -0.123. The first-order chi connectivity index (χ1) is 12.6. The van der Waals surface area contributed by atoms with Gasteiger partial charge in [0.2, 0.25) is 5.88 Å². The van der Waals surface area contributed by atoms with Gasteiger partial charge in [0.15, 0.2) is 17.7 Å². The fraction of sp³-hybridized carbons (Fsp3) is 0.200. The summed E-state index contributed by atoms with van der Waals surface area (Å²) in [5.41, 5.74) is 2.64. The molecule has 1 amide bonds. The van der Waals surface area contributed by atoms with Gasteiger partial charge >= 0.3 is 0 Å². The largest absolute Gasteiger partial charge is 0.478 e. The van der Waals surface area contributed by atoms with Crippen LogP contribution in [0.1, 0.15) is 18.9 Å². The molecule has 0 bridgehead atoms.